The van der Waals surface area contributed by atoms with Gasteiger partial charge in [-0.1, -0.05) is 24.3 Å². The van der Waals surface area contributed by atoms with E-state index < -0.39 is 55.3 Å². The summed E-state index contributed by atoms with van der Waals surface area (Å²) in [6, 6.07) is 13.3. The van der Waals surface area contributed by atoms with Gasteiger partial charge in [0.25, 0.3) is 0 Å². The Morgan fingerprint density at radius 2 is 1.15 bits per heavy atom. The molecular formula is C22H20F12N4O6S2. The third-order valence-corrected chi connectivity index (χ3v) is 6.89. The van der Waals surface area contributed by atoms with Crippen molar-refractivity contribution in [2.24, 2.45) is 21.1 Å². The van der Waals surface area contributed by atoms with Crippen molar-refractivity contribution in [3.63, 3.8) is 0 Å². The quantitative estimate of drug-likeness (QED) is 0.0873. The Morgan fingerprint density at radius 1 is 0.717 bits per heavy atom. The SMILES string of the molecule is COS(=O)(=O)C(F)(F)F.Cn1c(C(F)(F)F)[n+](C)c2ccccc21.Cn1c(C(F)(F)F)nc2ccccc21.O=S(=O)([O-])C(F)(F)F. The van der Waals surface area contributed by atoms with Gasteiger partial charge in [-0.3, -0.25) is 4.18 Å². The summed E-state index contributed by atoms with van der Waals surface area (Å²) in [5, 5.41) is 0. The molecule has 4 aromatic rings. The Balaban J connectivity index is 0.000000319. The second kappa shape index (κ2) is 14.0. The molecule has 0 spiro atoms. The number of rotatable bonds is 1. The number of halogens is 12. The average molecular weight is 729 g/mol. The molecule has 2 aromatic carbocycles. The lowest BCUT2D eigenvalue weighted by molar-refractivity contribution is -0.667. The van der Waals surface area contributed by atoms with Crippen molar-refractivity contribution in [3.8, 4) is 0 Å². The first-order chi connectivity index (χ1) is 20.5. The van der Waals surface area contributed by atoms with E-state index in [0.717, 1.165) is 13.7 Å². The summed E-state index contributed by atoms with van der Waals surface area (Å²) in [6.45, 7) is 0. The molecule has 260 valence electrons. The molecule has 0 aliphatic rings. The van der Waals surface area contributed by atoms with Crippen LogP contribution in [0.5, 0.6) is 0 Å². The van der Waals surface area contributed by atoms with Gasteiger partial charge in [0, 0.05) is 7.05 Å². The number of nitrogens with zero attached hydrogens (tertiary/aromatic N) is 4. The van der Waals surface area contributed by atoms with Crippen LogP contribution in [-0.2, 0) is 57.9 Å². The van der Waals surface area contributed by atoms with Gasteiger partial charge in [0.2, 0.25) is 5.82 Å². The van der Waals surface area contributed by atoms with E-state index in [-0.39, 0.29) is 0 Å². The molecule has 0 saturated carbocycles. The molecule has 0 atom stereocenters. The highest BCUT2D eigenvalue weighted by atomic mass is 32.2. The Labute approximate surface area is 251 Å². The molecule has 0 amide bonds. The van der Waals surface area contributed by atoms with Crippen LogP contribution in [0.1, 0.15) is 11.6 Å². The first kappa shape index (κ1) is 40.4. The molecule has 46 heavy (non-hydrogen) atoms. The lowest BCUT2D eigenvalue weighted by Gasteiger charge is -2.08. The van der Waals surface area contributed by atoms with E-state index >= 15 is 0 Å². The van der Waals surface area contributed by atoms with Crippen LogP contribution in [0.4, 0.5) is 52.7 Å². The van der Waals surface area contributed by atoms with E-state index in [4.69, 9.17) is 13.0 Å². The number of hydrogen-bond donors (Lipinski definition) is 0. The van der Waals surface area contributed by atoms with Gasteiger partial charge in [-0.15, -0.1) is 0 Å². The molecule has 2 aromatic heterocycles. The molecule has 0 radical (unpaired) electrons. The summed E-state index contributed by atoms with van der Waals surface area (Å²) in [5.74, 6) is -1.51. The zero-order chi connectivity index (χ0) is 36.3. The van der Waals surface area contributed by atoms with Gasteiger partial charge in [-0.05, 0) is 24.3 Å². The summed E-state index contributed by atoms with van der Waals surface area (Å²) >= 11 is 0. The van der Waals surface area contributed by atoms with Gasteiger partial charge in [0.05, 0.1) is 32.2 Å². The fourth-order valence-corrected chi connectivity index (χ4v) is 3.55. The van der Waals surface area contributed by atoms with Gasteiger partial charge in [-0.25, -0.2) is 22.5 Å². The molecule has 0 bridgehead atoms. The number of benzene rings is 2. The Bertz CT molecular complexity index is 1820. The largest absolute Gasteiger partial charge is 0.741 e. The Morgan fingerprint density at radius 3 is 1.48 bits per heavy atom. The predicted octanol–water partition coefficient (Wildman–Crippen LogP) is 5.15. The first-order valence-corrected chi connectivity index (χ1v) is 14.2. The van der Waals surface area contributed by atoms with Gasteiger partial charge < -0.3 is 9.12 Å². The Kier molecular flexibility index (Phi) is 12.3. The zero-order valence-corrected chi connectivity index (χ0v) is 24.8. The smallest absolute Gasteiger partial charge is 0.523 e. The average Bonchev–Trinajstić information content (AvgIpc) is 3.37. The summed E-state index contributed by atoms with van der Waals surface area (Å²) < 4.78 is 193. The third-order valence-electron chi connectivity index (χ3n) is 5.32. The lowest BCUT2D eigenvalue weighted by Crippen LogP contribution is -2.37. The van der Waals surface area contributed by atoms with E-state index in [0.29, 0.717) is 29.2 Å². The monoisotopic (exact) mass is 728 g/mol. The minimum atomic E-state index is -6.09. The van der Waals surface area contributed by atoms with Crippen molar-refractivity contribution < 1.29 is 82.8 Å². The molecular weight excluding hydrogens is 708 g/mol. The van der Waals surface area contributed by atoms with E-state index in [9.17, 15) is 61.1 Å². The van der Waals surface area contributed by atoms with Crippen molar-refractivity contribution in [2.75, 3.05) is 7.11 Å². The fraction of sp³-hybridized carbons (Fsp3) is 0.364. The van der Waals surface area contributed by atoms with Crippen molar-refractivity contribution in [1.82, 2.24) is 14.1 Å². The van der Waals surface area contributed by atoms with Crippen molar-refractivity contribution in [1.29, 1.82) is 0 Å². The second-order valence-corrected chi connectivity index (χ2v) is 11.5. The molecule has 0 saturated heterocycles. The van der Waals surface area contributed by atoms with Crippen LogP contribution in [0.2, 0.25) is 0 Å². The number of aryl methyl sites for hydroxylation is 3. The van der Waals surface area contributed by atoms with E-state index in [1.807, 2.05) is 0 Å². The molecule has 10 nitrogen and oxygen atoms in total. The summed E-state index contributed by atoms with van der Waals surface area (Å²) in [6.07, 6.45) is -8.73. The fourth-order valence-electron chi connectivity index (χ4n) is 3.36. The normalized spacial score (nSPS) is 12.9. The van der Waals surface area contributed by atoms with E-state index in [2.05, 4.69) is 9.17 Å². The number of hydrogen-bond acceptors (Lipinski definition) is 7. The summed E-state index contributed by atoms with van der Waals surface area (Å²) in [7, 11) is -6.78. The maximum atomic E-state index is 12.7. The van der Waals surface area contributed by atoms with Crippen molar-refractivity contribution in [3.05, 3.63) is 60.2 Å². The molecule has 24 heteroatoms. The second-order valence-electron chi connectivity index (χ2n) is 8.38. The van der Waals surface area contributed by atoms with Gasteiger partial charge in [0.15, 0.2) is 21.2 Å². The standard InChI is InChI=1S/C10H10F3N2.C9H7F3N2.C2H3F3O3S.CHF3O3S/c1-14-7-5-3-4-6-8(7)15(2)9(14)10(11,12)13;1-14-7-5-3-2-4-6(7)13-8(14)9(10,11)12;1-8-9(6,7)2(3,4)5;2-1(3,4)8(5,6)7/h3-6H,1-2H3;2-5H,1H3;1H3;(H,5,6,7)/q+1;;;/p-1. The van der Waals surface area contributed by atoms with Crippen molar-refractivity contribution >= 4 is 42.3 Å². The summed E-state index contributed by atoms with van der Waals surface area (Å²) in [4.78, 5) is 3.52. The number of aromatic nitrogens is 4. The topological polar surface area (TPSA) is 127 Å². The first-order valence-electron chi connectivity index (χ1n) is 11.4. The van der Waals surface area contributed by atoms with Crippen LogP contribution < -0.4 is 4.57 Å². The summed E-state index contributed by atoms with van der Waals surface area (Å²) in [5.41, 5.74) is -8.95. The van der Waals surface area contributed by atoms with Crippen molar-refractivity contribution in [2.45, 2.75) is 23.4 Å². The lowest BCUT2D eigenvalue weighted by atomic mass is 10.3. The number of imidazole rings is 2. The highest BCUT2D eigenvalue weighted by Crippen LogP contribution is 2.31. The molecule has 0 N–H and O–H groups in total. The molecule has 2 heterocycles. The molecule has 0 unspecified atom stereocenters. The van der Waals surface area contributed by atoms with Crippen LogP contribution in [0.15, 0.2) is 48.5 Å². The van der Waals surface area contributed by atoms with Gasteiger partial charge >= 0.3 is 39.3 Å². The van der Waals surface area contributed by atoms with Crippen LogP contribution in [0.3, 0.4) is 0 Å². The maximum Gasteiger partial charge on any atom is 0.523 e. The van der Waals surface area contributed by atoms with E-state index in [1.165, 1.54) is 21.1 Å². The highest BCUT2D eigenvalue weighted by molar-refractivity contribution is 7.87. The van der Waals surface area contributed by atoms with Crippen LogP contribution in [-0.4, -0.2) is 53.6 Å². The predicted molar refractivity (Wildman–Crippen MR) is 133 cm³/mol. The highest BCUT2D eigenvalue weighted by Gasteiger charge is 2.46. The van der Waals surface area contributed by atoms with Gasteiger partial charge in [-0.2, -0.15) is 61.1 Å². The molecule has 4 rings (SSSR count). The molecule has 0 aliphatic carbocycles. The third kappa shape index (κ3) is 9.93. The van der Waals surface area contributed by atoms with Crippen LogP contribution in [0.25, 0.3) is 22.1 Å². The number of alkyl halides is 12. The Hall–Kier alpha value is -3.64. The molecule has 0 aliphatic heterocycles. The minimum Gasteiger partial charge on any atom is -0.741 e. The minimum absolute atomic E-state index is 0.363. The zero-order valence-electron chi connectivity index (χ0n) is 23.2. The maximum absolute atomic E-state index is 12.7. The van der Waals surface area contributed by atoms with E-state index in [1.54, 1.807) is 48.5 Å². The molecule has 0 fully saturated rings. The van der Waals surface area contributed by atoms with Gasteiger partial charge in [0.1, 0.15) is 0 Å². The number of para-hydroxylation sites is 4. The van der Waals surface area contributed by atoms with Crippen LogP contribution in [0, 0.1) is 0 Å². The van der Waals surface area contributed by atoms with Crippen LogP contribution >= 0.6 is 0 Å². The number of fused-ring (bicyclic) bond motifs is 2.